The lowest BCUT2D eigenvalue weighted by atomic mass is 10.3. The zero-order valence-electron chi connectivity index (χ0n) is 9.84. The second-order valence-electron chi connectivity index (χ2n) is 4.94. The van der Waals surface area contributed by atoms with Crippen LogP contribution in [0.4, 0.5) is 0 Å². The molecule has 0 aromatic heterocycles. The average molecular weight is 203 g/mol. The first kappa shape index (κ1) is 11.4. The average Bonchev–Trinajstić information content (AvgIpc) is 2.04. The van der Waals surface area contributed by atoms with E-state index in [1.54, 1.807) is 0 Å². The predicted molar refractivity (Wildman–Crippen MR) is 65.1 cm³/mol. The Kier molecular flexibility index (Phi) is 3.70. The number of hydrogen-bond acceptors (Lipinski definition) is 1. The van der Waals surface area contributed by atoms with Crippen LogP contribution < -0.4 is 0 Å². The van der Waals surface area contributed by atoms with Crippen LogP contribution in [0.5, 0.6) is 0 Å². The maximum absolute atomic E-state index is 2.62. The van der Waals surface area contributed by atoms with Crippen LogP contribution >= 0.6 is 10.0 Å². The van der Waals surface area contributed by atoms with E-state index in [-0.39, 0.29) is 10.0 Å². The molecular formula is C11H25NS. The highest BCUT2D eigenvalue weighted by molar-refractivity contribution is 8.33. The van der Waals surface area contributed by atoms with Crippen LogP contribution in [0.25, 0.3) is 0 Å². The van der Waals surface area contributed by atoms with Crippen molar-refractivity contribution in [3.8, 4) is 0 Å². The van der Waals surface area contributed by atoms with Gasteiger partial charge in [-0.05, 0) is 36.9 Å². The van der Waals surface area contributed by atoms with Crippen molar-refractivity contribution in [3.63, 3.8) is 0 Å². The highest BCUT2D eigenvalue weighted by Gasteiger charge is 2.28. The molecule has 0 bridgehead atoms. The van der Waals surface area contributed by atoms with Gasteiger partial charge in [0.05, 0.1) is 0 Å². The summed E-state index contributed by atoms with van der Waals surface area (Å²) in [6.07, 6.45) is 2.54. The SMILES string of the molecule is CC(C)N1CCS(C)(C(C)C)CC1. The Bertz CT molecular complexity index is 157. The van der Waals surface area contributed by atoms with Crippen LogP contribution in [0.1, 0.15) is 27.7 Å². The molecule has 0 aromatic carbocycles. The Morgan fingerprint density at radius 3 is 1.77 bits per heavy atom. The summed E-state index contributed by atoms with van der Waals surface area (Å²) in [6.45, 7) is 12.1. The molecule has 1 aliphatic rings. The van der Waals surface area contributed by atoms with E-state index in [2.05, 4.69) is 38.9 Å². The van der Waals surface area contributed by atoms with Gasteiger partial charge in [-0.3, -0.25) is 4.90 Å². The summed E-state index contributed by atoms with van der Waals surface area (Å²) in [5.74, 6) is 2.92. The Balaban J connectivity index is 2.47. The summed E-state index contributed by atoms with van der Waals surface area (Å²) in [7, 11) is -0.265. The molecule has 1 fully saturated rings. The highest BCUT2D eigenvalue weighted by Crippen LogP contribution is 2.50. The van der Waals surface area contributed by atoms with Crippen molar-refractivity contribution in [1.82, 2.24) is 4.90 Å². The van der Waals surface area contributed by atoms with Gasteiger partial charge in [-0.2, -0.15) is 0 Å². The molecule has 0 aromatic rings. The van der Waals surface area contributed by atoms with Crippen molar-refractivity contribution in [2.45, 2.75) is 39.0 Å². The van der Waals surface area contributed by atoms with Gasteiger partial charge < -0.3 is 0 Å². The number of nitrogens with zero attached hydrogens (tertiary/aromatic N) is 1. The fraction of sp³-hybridized carbons (Fsp3) is 1.00. The van der Waals surface area contributed by atoms with Crippen LogP contribution in [-0.4, -0.2) is 47.0 Å². The third kappa shape index (κ3) is 2.63. The van der Waals surface area contributed by atoms with Gasteiger partial charge in [0.2, 0.25) is 0 Å². The van der Waals surface area contributed by atoms with Gasteiger partial charge >= 0.3 is 0 Å². The Labute approximate surface area is 85.2 Å². The minimum Gasteiger partial charge on any atom is -0.299 e. The fourth-order valence-corrected chi connectivity index (χ4v) is 4.30. The van der Waals surface area contributed by atoms with E-state index in [9.17, 15) is 0 Å². The second kappa shape index (κ2) is 4.22. The zero-order chi connectivity index (χ0) is 10.1. The molecular weight excluding hydrogens is 178 g/mol. The largest absolute Gasteiger partial charge is 0.299 e. The Hall–Kier alpha value is 0.310. The quantitative estimate of drug-likeness (QED) is 0.667. The van der Waals surface area contributed by atoms with Crippen molar-refractivity contribution in [1.29, 1.82) is 0 Å². The number of rotatable bonds is 2. The molecule has 1 heterocycles. The molecule has 1 saturated heterocycles. The van der Waals surface area contributed by atoms with Crippen molar-refractivity contribution >= 4 is 10.0 Å². The third-order valence-electron chi connectivity index (χ3n) is 3.56. The predicted octanol–water partition coefficient (Wildman–Crippen LogP) is 2.55. The number of hydrogen-bond donors (Lipinski definition) is 0. The molecule has 1 rings (SSSR count). The van der Waals surface area contributed by atoms with Crippen molar-refractivity contribution in [2.24, 2.45) is 0 Å². The lowest BCUT2D eigenvalue weighted by Gasteiger charge is -2.48. The topological polar surface area (TPSA) is 3.24 Å². The molecule has 2 heteroatoms. The molecule has 0 spiro atoms. The van der Waals surface area contributed by atoms with Gasteiger partial charge in [-0.1, -0.05) is 13.8 Å². The first-order valence-electron chi connectivity index (χ1n) is 5.42. The summed E-state index contributed by atoms with van der Waals surface area (Å²) in [6, 6.07) is 0.746. The molecule has 0 aliphatic carbocycles. The molecule has 1 nitrogen and oxygen atoms in total. The zero-order valence-corrected chi connectivity index (χ0v) is 10.7. The third-order valence-corrected chi connectivity index (χ3v) is 8.06. The Morgan fingerprint density at radius 2 is 1.46 bits per heavy atom. The maximum atomic E-state index is 2.62. The van der Waals surface area contributed by atoms with Crippen LogP contribution in [-0.2, 0) is 0 Å². The monoisotopic (exact) mass is 203 g/mol. The molecule has 0 radical (unpaired) electrons. The van der Waals surface area contributed by atoms with Crippen LogP contribution in [0.2, 0.25) is 0 Å². The molecule has 80 valence electrons. The van der Waals surface area contributed by atoms with Crippen LogP contribution in [0, 0.1) is 0 Å². The van der Waals surface area contributed by atoms with Gasteiger partial charge in [0.1, 0.15) is 0 Å². The molecule has 0 amide bonds. The lowest BCUT2D eigenvalue weighted by Crippen LogP contribution is -2.43. The molecule has 0 saturated carbocycles. The first-order valence-corrected chi connectivity index (χ1v) is 7.86. The molecule has 0 N–H and O–H groups in total. The standard InChI is InChI=1S/C11H25NS/c1-10(2)12-6-8-13(5,9-7-12)11(3)4/h10-11H,6-9H2,1-5H3. The summed E-state index contributed by atoms with van der Waals surface area (Å²) in [5.41, 5.74) is 0. The van der Waals surface area contributed by atoms with Gasteiger partial charge in [0.25, 0.3) is 0 Å². The maximum Gasteiger partial charge on any atom is 0.00608 e. The van der Waals surface area contributed by atoms with E-state index < -0.39 is 0 Å². The fourth-order valence-electron chi connectivity index (χ4n) is 1.85. The van der Waals surface area contributed by atoms with Crippen molar-refractivity contribution < 1.29 is 0 Å². The minimum atomic E-state index is -0.265. The lowest BCUT2D eigenvalue weighted by molar-refractivity contribution is 0.243. The summed E-state index contributed by atoms with van der Waals surface area (Å²) < 4.78 is 0. The van der Waals surface area contributed by atoms with E-state index >= 15 is 0 Å². The second-order valence-corrected chi connectivity index (χ2v) is 9.40. The van der Waals surface area contributed by atoms with E-state index in [4.69, 9.17) is 0 Å². The first-order chi connectivity index (χ1) is 5.96. The highest BCUT2D eigenvalue weighted by atomic mass is 32.3. The Morgan fingerprint density at radius 1 is 1.00 bits per heavy atom. The van der Waals surface area contributed by atoms with Gasteiger partial charge in [-0.25, -0.2) is 10.0 Å². The smallest absolute Gasteiger partial charge is 0.00608 e. The van der Waals surface area contributed by atoms with E-state index in [0.29, 0.717) is 0 Å². The molecule has 0 unspecified atom stereocenters. The van der Waals surface area contributed by atoms with E-state index in [1.165, 1.54) is 24.6 Å². The van der Waals surface area contributed by atoms with Crippen LogP contribution in [0.15, 0.2) is 0 Å². The van der Waals surface area contributed by atoms with Gasteiger partial charge in [0.15, 0.2) is 0 Å². The van der Waals surface area contributed by atoms with E-state index in [0.717, 1.165) is 11.3 Å². The van der Waals surface area contributed by atoms with Crippen molar-refractivity contribution in [2.75, 3.05) is 30.9 Å². The van der Waals surface area contributed by atoms with E-state index in [1.807, 2.05) is 0 Å². The molecule has 0 atom stereocenters. The molecule has 1 aliphatic heterocycles. The van der Waals surface area contributed by atoms with Gasteiger partial charge in [-0.15, -0.1) is 0 Å². The summed E-state index contributed by atoms with van der Waals surface area (Å²) >= 11 is 0. The molecule has 13 heavy (non-hydrogen) atoms. The minimum absolute atomic E-state index is 0.265. The summed E-state index contributed by atoms with van der Waals surface area (Å²) in [5, 5.41) is 0.918. The summed E-state index contributed by atoms with van der Waals surface area (Å²) in [4.78, 5) is 2.62. The van der Waals surface area contributed by atoms with Gasteiger partial charge in [0, 0.05) is 19.1 Å². The normalized spacial score (nSPS) is 26.7. The van der Waals surface area contributed by atoms with Crippen molar-refractivity contribution in [3.05, 3.63) is 0 Å². The van der Waals surface area contributed by atoms with Crippen LogP contribution in [0.3, 0.4) is 0 Å².